The highest BCUT2D eigenvalue weighted by Crippen LogP contribution is 2.30. The van der Waals surface area contributed by atoms with Gasteiger partial charge in [0.2, 0.25) is 0 Å². The number of anilines is 1. The maximum atomic E-state index is 12.4. The quantitative estimate of drug-likeness (QED) is 0.502. The third-order valence-electron chi connectivity index (χ3n) is 4.63. The van der Waals surface area contributed by atoms with Crippen LogP contribution in [0.5, 0.6) is 5.75 Å². The number of H-pyrrole nitrogens is 1. The molecular formula is C21H19ClN4O2. The van der Waals surface area contributed by atoms with Crippen LogP contribution >= 0.6 is 11.6 Å². The van der Waals surface area contributed by atoms with Crippen LogP contribution in [0, 0.1) is 0 Å². The zero-order valence-corrected chi connectivity index (χ0v) is 16.2. The van der Waals surface area contributed by atoms with Gasteiger partial charge in [-0.3, -0.25) is 9.89 Å². The van der Waals surface area contributed by atoms with Gasteiger partial charge < -0.3 is 14.6 Å². The third-order valence-corrected chi connectivity index (χ3v) is 4.88. The van der Waals surface area contributed by atoms with E-state index in [4.69, 9.17) is 16.3 Å². The van der Waals surface area contributed by atoms with Gasteiger partial charge in [0, 0.05) is 34.1 Å². The van der Waals surface area contributed by atoms with E-state index < -0.39 is 0 Å². The van der Waals surface area contributed by atoms with Crippen LogP contribution in [0.2, 0.25) is 5.02 Å². The molecule has 4 rings (SSSR count). The van der Waals surface area contributed by atoms with Crippen molar-refractivity contribution in [3.8, 4) is 17.1 Å². The average molecular weight is 395 g/mol. The van der Waals surface area contributed by atoms with Crippen LogP contribution in [0.25, 0.3) is 22.3 Å². The first kappa shape index (κ1) is 18.1. The number of benzene rings is 2. The van der Waals surface area contributed by atoms with Crippen molar-refractivity contribution in [2.24, 2.45) is 0 Å². The average Bonchev–Trinajstić information content (AvgIpc) is 3.31. The molecule has 7 heteroatoms. The maximum absolute atomic E-state index is 12.4. The highest BCUT2D eigenvalue weighted by Gasteiger charge is 2.14. The van der Waals surface area contributed by atoms with Crippen LogP contribution in [0.3, 0.4) is 0 Å². The molecule has 0 unspecified atom stereocenters. The number of hydrogen-bond donors (Lipinski definition) is 2. The number of ether oxygens (including phenoxy) is 1. The number of amides is 1. The smallest absolute Gasteiger partial charge is 0.256 e. The molecule has 0 saturated carbocycles. The zero-order chi connectivity index (χ0) is 19.7. The lowest BCUT2D eigenvalue weighted by molar-refractivity contribution is 0.102. The lowest BCUT2D eigenvalue weighted by Crippen LogP contribution is -2.11. The van der Waals surface area contributed by atoms with Gasteiger partial charge in [-0.25, -0.2) is 0 Å². The zero-order valence-electron chi connectivity index (χ0n) is 15.5. The number of carbonyl (C=O) groups is 1. The number of rotatable bonds is 5. The molecule has 2 heterocycles. The summed E-state index contributed by atoms with van der Waals surface area (Å²) in [6.45, 7) is 2.89. The number of halogens is 1. The lowest BCUT2D eigenvalue weighted by atomic mass is 10.2. The Balaban J connectivity index is 1.63. The monoisotopic (exact) mass is 394 g/mol. The van der Waals surface area contributed by atoms with Crippen LogP contribution < -0.4 is 10.1 Å². The van der Waals surface area contributed by atoms with Crippen molar-refractivity contribution in [1.29, 1.82) is 0 Å². The summed E-state index contributed by atoms with van der Waals surface area (Å²) in [4.78, 5) is 12.4. The summed E-state index contributed by atoms with van der Waals surface area (Å²) in [6, 6.07) is 16.6. The molecule has 2 N–H and O–H groups in total. The highest BCUT2D eigenvalue weighted by atomic mass is 35.5. The van der Waals surface area contributed by atoms with Gasteiger partial charge >= 0.3 is 0 Å². The molecule has 1 amide bonds. The molecule has 0 radical (unpaired) electrons. The minimum Gasteiger partial charge on any atom is -0.497 e. The Morgan fingerprint density at radius 2 is 1.96 bits per heavy atom. The highest BCUT2D eigenvalue weighted by molar-refractivity contribution is 6.30. The number of nitrogens with zero attached hydrogens (tertiary/aromatic N) is 2. The summed E-state index contributed by atoms with van der Waals surface area (Å²) in [5.74, 6) is 1.03. The molecule has 0 aliphatic carbocycles. The molecule has 0 aliphatic rings. The number of fused-ring (bicyclic) bond motifs is 1. The van der Waals surface area contributed by atoms with Crippen LogP contribution in [-0.4, -0.2) is 27.8 Å². The first-order chi connectivity index (χ1) is 13.6. The van der Waals surface area contributed by atoms with E-state index in [9.17, 15) is 4.79 Å². The second-order valence-corrected chi connectivity index (χ2v) is 6.76. The molecular weight excluding hydrogens is 376 g/mol. The van der Waals surface area contributed by atoms with E-state index in [2.05, 4.69) is 33.1 Å². The predicted octanol–water partition coefficient (Wildman–Crippen LogP) is 4.97. The van der Waals surface area contributed by atoms with Crippen molar-refractivity contribution in [1.82, 2.24) is 14.8 Å². The minimum atomic E-state index is -0.240. The lowest BCUT2D eigenvalue weighted by Gasteiger charge is -2.06. The molecule has 0 spiro atoms. The van der Waals surface area contributed by atoms with Crippen LogP contribution in [0.1, 0.15) is 17.3 Å². The summed E-state index contributed by atoms with van der Waals surface area (Å²) in [5.41, 5.74) is 3.44. The van der Waals surface area contributed by atoms with Crippen LogP contribution in [-0.2, 0) is 6.54 Å². The summed E-state index contributed by atoms with van der Waals surface area (Å²) in [5, 5.41) is 11.7. The molecule has 0 atom stereocenters. The number of aryl methyl sites for hydroxylation is 1. The van der Waals surface area contributed by atoms with Crippen molar-refractivity contribution < 1.29 is 9.53 Å². The van der Waals surface area contributed by atoms with E-state index in [0.29, 0.717) is 16.4 Å². The van der Waals surface area contributed by atoms with E-state index in [1.165, 1.54) is 0 Å². The fourth-order valence-electron chi connectivity index (χ4n) is 3.25. The SMILES string of the molecule is CCn1c(-c2cc(NC(=O)c3ccc(Cl)cc3)n[nH]2)cc2cc(OC)ccc21. The summed E-state index contributed by atoms with van der Waals surface area (Å²) in [6.07, 6.45) is 0. The Morgan fingerprint density at radius 3 is 2.68 bits per heavy atom. The van der Waals surface area contributed by atoms with Gasteiger partial charge in [0.1, 0.15) is 5.75 Å². The van der Waals surface area contributed by atoms with Crippen LogP contribution in [0.4, 0.5) is 5.82 Å². The predicted molar refractivity (Wildman–Crippen MR) is 111 cm³/mol. The van der Waals surface area contributed by atoms with Gasteiger partial charge in [-0.05, 0) is 55.5 Å². The molecule has 6 nitrogen and oxygen atoms in total. The Kier molecular flexibility index (Phi) is 4.79. The van der Waals surface area contributed by atoms with Crippen molar-refractivity contribution in [2.45, 2.75) is 13.5 Å². The molecule has 4 aromatic rings. The second-order valence-electron chi connectivity index (χ2n) is 6.33. The first-order valence-corrected chi connectivity index (χ1v) is 9.27. The number of aromatic nitrogens is 3. The van der Waals surface area contributed by atoms with Gasteiger partial charge in [-0.15, -0.1) is 0 Å². The maximum Gasteiger partial charge on any atom is 0.256 e. The van der Waals surface area contributed by atoms with Gasteiger partial charge in [0.15, 0.2) is 5.82 Å². The molecule has 0 bridgehead atoms. The molecule has 0 fully saturated rings. The summed E-state index contributed by atoms with van der Waals surface area (Å²) in [7, 11) is 1.66. The largest absolute Gasteiger partial charge is 0.497 e. The normalized spacial score (nSPS) is 11.0. The molecule has 0 aliphatic heterocycles. The number of nitrogens with one attached hydrogen (secondary N) is 2. The van der Waals surface area contributed by atoms with E-state index in [1.807, 2.05) is 24.3 Å². The van der Waals surface area contributed by atoms with Crippen molar-refractivity contribution >= 4 is 34.2 Å². The molecule has 0 saturated heterocycles. The third kappa shape index (κ3) is 3.34. The Labute approximate surface area is 167 Å². The summed E-state index contributed by atoms with van der Waals surface area (Å²) < 4.78 is 7.51. The topological polar surface area (TPSA) is 71.9 Å². The van der Waals surface area contributed by atoms with Crippen LogP contribution in [0.15, 0.2) is 54.6 Å². The van der Waals surface area contributed by atoms with Gasteiger partial charge in [0.05, 0.1) is 18.5 Å². The fourth-order valence-corrected chi connectivity index (χ4v) is 3.37. The molecule has 2 aromatic carbocycles. The first-order valence-electron chi connectivity index (χ1n) is 8.89. The van der Waals surface area contributed by atoms with E-state index in [1.54, 1.807) is 31.4 Å². The standard InChI is InChI=1S/C21H19ClN4O2/c1-3-26-18-9-8-16(28-2)10-14(18)11-19(26)17-12-20(25-24-17)23-21(27)13-4-6-15(22)7-5-13/h4-12H,3H2,1-2H3,(H2,23,24,25,27). The van der Waals surface area contributed by atoms with Gasteiger partial charge in [-0.2, -0.15) is 5.10 Å². The number of methoxy groups -OCH3 is 1. The number of aromatic amines is 1. The van der Waals surface area contributed by atoms with Gasteiger partial charge in [-0.1, -0.05) is 11.6 Å². The number of hydrogen-bond acceptors (Lipinski definition) is 3. The van der Waals surface area contributed by atoms with E-state index >= 15 is 0 Å². The van der Waals surface area contributed by atoms with E-state index in [-0.39, 0.29) is 5.91 Å². The second kappa shape index (κ2) is 7.40. The number of carbonyl (C=O) groups excluding carboxylic acids is 1. The van der Waals surface area contributed by atoms with Crippen molar-refractivity contribution in [3.63, 3.8) is 0 Å². The Morgan fingerprint density at radius 1 is 1.18 bits per heavy atom. The van der Waals surface area contributed by atoms with Gasteiger partial charge in [0.25, 0.3) is 5.91 Å². The Bertz CT molecular complexity index is 1150. The minimum absolute atomic E-state index is 0.240. The van der Waals surface area contributed by atoms with Crippen molar-refractivity contribution in [3.05, 3.63) is 65.2 Å². The molecule has 28 heavy (non-hydrogen) atoms. The molecule has 2 aromatic heterocycles. The fraction of sp³-hybridized carbons (Fsp3) is 0.143. The Hall–Kier alpha value is -3.25. The summed E-state index contributed by atoms with van der Waals surface area (Å²) >= 11 is 5.87. The molecule has 142 valence electrons. The van der Waals surface area contributed by atoms with Crippen molar-refractivity contribution in [2.75, 3.05) is 12.4 Å². The van der Waals surface area contributed by atoms with E-state index in [0.717, 1.165) is 34.6 Å².